The quantitative estimate of drug-likeness (QED) is 0.249. The van der Waals surface area contributed by atoms with Crippen LogP contribution in [0.1, 0.15) is 29.9 Å². The lowest BCUT2D eigenvalue weighted by molar-refractivity contribution is -0.117. The number of thioether (sulfide) groups is 1. The maximum atomic E-state index is 9.31. The number of para-hydroxylation sites is 1. The number of methoxy groups -OCH3 is 1. The number of carbonyl (C=O) groups excluding carboxylic acids is 1. The summed E-state index contributed by atoms with van der Waals surface area (Å²) in [4.78, 5) is 10.5. The van der Waals surface area contributed by atoms with Crippen LogP contribution in [0.2, 0.25) is 0 Å². The average Bonchev–Trinajstić information content (AvgIpc) is 3.51. The first-order valence-corrected chi connectivity index (χ1v) is 9.75. The van der Waals surface area contributed by atoms with Gasteiger partial charge in [-0.25, -0.2) is 11.7 Å². The molecule has 1 fully saturated rings. The number of anilines is 1. The Morgan fingerprint density at radius 3 is 2.37 bits per heavy atom. The molecule has 1 aliphatic carbocycles. The molecule has 2 aromatic rings. The van der Waals surface area contributed by atoms with Gasteiger partial charge in [0.05, 0.1) is 12.8 Å². The maximum absolute atomic E-state index is 9.31. The second kappa shape index (κ2) is 10.2. The molecule has 2 aromatic carbocycles. The fourth-order valence-electron chi connectivity index (χ4n) is 2.74. The van der Waals surface area contributed by atoms with E-state index in [1.807, 2.05) is 37.0 Å². The van der Waals surface area contributed by atoms with Gasteiger partial charge in [0.2, 0.25) is 6.41 Å². The van der Waals surface area contributed by atoms with Crippen LogP contribution in [0.3, 0.4) is 0 Å². The van der Waals surface area contributed by atoms with Crippen molar-refractivity contribution < 1.29 is 9.53 Å². The summed E-state index contributed by atoms with van der Waals surface area (Å²) in [5.74, 6) is 13.3. The van der Waals surface area contributed by atoms with E-state index in [9.17, 15) is 4.79 Å². The molecular formula is C20H28N4O2S. The zero-order valence-corrected chi connectivity index (χ0v) is 16.9. The third kappa shape index (κ3) is 6.16. The Morgan fingerprint density at radius 2 is 1.81 bits per heavy atom. The van der Waals surface area contributed by atoms with Crippen LogP contribution in [-0.4, -0.2) is 32.6 Å². The van der Waals surface area contributed by atoms with Gasteiger partial charge in [-0.3, -0.25) is 9.80 Å². The third-order valence-electron chi connectivity index (χ3n) is 4.19. The first-order valence-electron chi connectivity index (χ1n) is 8.76. The van der Waals surface area contributed by atoms with Gasteiger partial charge in [-0.15, -0.1) is 11.8 Å². The number of hydrazine groups is 2. The predicted octanol–water partition coefficient (Wildman–Crippen LogP) is 3.12. The van der Waals surface area contributed by atoms with Gasteiger partial charge < -0.3 is 9.75 Å². The number of nitrogens with two attached hydrogens (primary N) is 2. The molecule has 27 heavy (non-hydrogen) atoms. The summed E-state index contributed by atoms with van der Waals surface area (Å²) < 4.78 is 5.45. The Bertz CT molecular complexity index is 728. The molecule has 7 heteroatoms. The van der Waals surface area contributed by atoms with E-state index in [1.165, 1.54) is 35.9 Å². The number of ether oxygens (including phenoxy) is 1. The molecule has 0 unspecified atom stereocenters. The van der Waals surface area contributed by atoms with E-state index in [1.54, 1.807) is 12.1 Å². The predicted molar refractivity (Wildman–Crippen MR) is 112 cm³/mol. The minimum absolute atomic E-state index is 0.528. The Labute approximate surface area is 165 Å². The first-order chi connectivity index (χ1) is 13.0. The highest BCUT2D eigenvalue weighted by atomic mass is 32.2. The van der Waals surface area contributed by atoms with Crippen molar-refractivity contribution in [1.82, 2.24) is 5.01 Å². The Kier molecular flexibility index (Phi) is 7.97. The smallest absolute Gasteiger partial charge is 0.223 e. The van der Waals surface area contributed by atoms with Crippen molar-refractivity contribution >= 4 is 23.9 Å². The Hall–Kier alpha value is -2.22. The molecule has 0 aliphatic heterocycles. The zero-order chi connectivity index (χ0) is 19.8. The molecule has 0 saturated heterocycles. The van der Waals surface area contributed by atoms with Gasteiger partial charge in [0, 0.05) is 24.7 Å². The van der Waals surface area contributed by atoms with Gasteiger partial charge in [-0.1, -0.05) is 24.3 Å². The summed E-state index contributed by atoms with van der Waals surface area (Å²) in [6, 6.07) is 14.6. The van der Waals surface area contributed by atoms with Gasteiger partial charge >= 0.3 is 0 Å². The van der Waals surface area contributed by atoms with Crippen LogP contribution in [0.5, 0.6) is 5.75 Å². The molecule has 0 aromatic heterocycles. The van der Waals surface area contributed by atoms with Crippen molar-refractivity contribution in [2.45, 2.75) is 29.4 Å². The van der Waals surface area contributed by atoms with Crippen LogP contribution in [-0.2, 0) is 10.5 Å². The minimum Gasteiger partial charge on any atom is -0.496 e. The molecule has 0 heterocycles. The molecule has 1 aliphatic rings. The van der Waals surface area contributed by atoms with Crippen molar-refractivity contribution in [3.63, 3.8) is 0 Å². The summed E-state index contributed by atoms with van der Waals surface area (Å²) in [5.41, 5.74) is 3.93. The van der Waals surface area contributed by atoms with E-state index in [2.05, 4.69) is 24.3 Å². The van der Waals surface area contributed by atoms with Crippen molar-refractivity contribution in [1.29, 1.82) is 0 Å². The first kappa shape index (κ1) is 21.1. The fraction of sp³-hybridized carbons (Fsp3) is 0.350. The van der Waals surface area contributed by atoms with E-state index < -0.39 is 0 Å². The van der Waals surface area contributed by atoms with E-state index in [-0.39, 0.29) is 0 Å². The van der Waals surface area contributed by atoms with Crippen LogP contribution in [0.15, 0.2) is 47.4 Å². The lowest BCUT2D eigenvalue weighted by atomic mass is 10.0. The molecule has 3 rings (SSSR count). The zero-order valence-electron chi connectivity index (χ0n) is 16.1. The Balaban J connectivity index is 0.000000465. The molecule has 146 valence electrons. The number of hydrogen-bond acceptors (Lipinski definition) is 6. The molecule has 0 spiro atoms. The SMILES string of the molecule is CN(N)C=O.COc1ccccc1SCc1c(C2CC2)cccc1N(C)N. The van der Waals surface area contributed by atoms with E-state index in [0.29, 0.717) is 12.3 Å². The number of nitrogens with zero attached hydrogens (tertiary/aromatic N) is 2. The van der Waals surface area contributed by atoms with Crippen LogP contribution in [0.4, 0.5) is 5.69 Å². The molecule has 0 radical (unpaired) electrons. The normalized spacial score (nSPS) is 12.6. The highest BCUT2D eigenvalue weighted by Crippen LogP contribution is 2.45. The van der Waals surface area contributed by atoms with Crippen molar-refractivity contribution in [3.05, 3.63) is 53.6 Å². The molecule has 4 N–H and O–H groups in total. The molecule has 6 nitrogen and oxygen atoms in total. The van der Waals surface area contributed by atoms with Crippen molar-refractivity contribution in [2.24, 2.45) is 11.7 Å². The highest BCUT2D eigenvalue weighted by Gasteiger charge is 2.27. The highest BCUT2D eigenvalue weighted by molar-refractivity contribution is 7.98. The van der Waals surface area contributed by atoms with Crippen LogP contribution in [0, 0.1) is 0 Å². The fourth-order valence-corrected chi connectivity index (χ4v) is 3.83. The Morgan fingerprint density at radius 1 is 1.15 bits per heavy atom. The lowest BCUT2D eigenvalue weighted by Crippen LogP contribution is -2.26. The summed E-state index contributed by atoms with van der Waals surface area (Å²) >= 11 is 1.81. The van der Waals surface area contributed by atoms with Crippen molar-refractivity contribution in [3.8, 4) is 5.75 Å². The summed E-state index contributed by atoms with van der Waals surface area (Å²) in [7, 11) is 5.09. The van der Waals surface area contributed by atoms with Gasteiger partial charge in [0.1, 0.15) is 5.75 Å². The number of carbonyl (C=O) groups is 1. The topological polar surface area (TPSA) is 84.8 Å². The molecule has 1 amide bonds. The second-order valence-electron chi connectivity index (χ2n) is 6.44. The molecular weight excluding hydrogens is 360 g/mol. The molecule has 0 atom stereocenters. The van der Waals surface area contributed by atoms with Gasteiger partial charge in [0.15, 0.2) is 0 Å². The summed E-state index contributed by atoms with van der Waals surface area (Å²) in [6.07, 6.45) is 3.12. The van der Waals surface area contributed by atoms with E-state index in [0.717, 1.165) is 22.2 Å². The molecule has 1 saturated carbocycles. The number of benzene rings is 2. The van der Waals surface area contributed by atoms with Crippen LogP contribution < -0.4 is 21.4 Å². The maximum Gasteiger partial charge on any atom is 0.223 e. The van der Waals surface area contributed by atoms with Crippen molar-refractivity contribution in [2.75, 3.05) is 26.2 Å². The minimum atomic E-state index is 0.528. The number of rotatable bonds is 7. The summed E-state index contributed by atoms with van der Waals surface area (Å²) in [5, 5.41) is 2.67. The monoisotopic (exact) mass is 388 g/mol. The average molecular weight is 389 g/mol. The van der Waals surface area contributed by atoms with E-state index >= 15 is 0 Å². The second-order valence-corrected chi connectivity index (χ2v) is 7.46. The third-order valence-corrected chi connectivity index (χ3v) is 5.27. The van der Waals surface area contributed by atoms with Gasteiger partial charge in [-0.2, -0.15) is 0 Å². The van der Waals surface area contributed by atoms with E-state index in [4.69, 9.17) is 16.4 Å². The number of amides is 1. The van der Waals surface area contributed by atoms with Gasteiger partial charge in [0.25, 0.3) is 0 Å². The lowest BCUT2D eigenvalue weighted by Gasteiger charge is -2.20. The summed E-state index contributed by atoms with van der Waals surface area (Å²) in [6.45, 7) is 0. The van der Waals surface area contributed by atoms with Crippen LogP contribution in [0.25, 0.3) is 0 Å². The van der Waals surface area contributed by atoms with Gasteiger partial charge in [-0.05, 0) is 48.1 Å². The standard InChI is InChI=1S/C18H22N2OS.C2H6N2O/c1-20(19)16-7-5-6-14(13-10-11-13)15(16)12-22-18-9-4-3-8-17(18)21-2;1-4(3)2-5/h3-9,13H,10-12,19H2,1-2H3;2H,3H2,1H3. The molecule has 0 bridgehead atoms. The number of hydrogen-bond donors (Lipinski definition) is 2. The van der Waals surface area contributed by atoms with Crippen LogP contribution >= 0.6 is 11.8 Å². The largest absolute Gasteiger partial charge is 0.496 e.